The third-order valence-electron chi connectivity index (χ3n) is 3.79. The van der Waals surface area contributed by atoms with Crippen LogP contribution in [0.15, 0.2) is 6.33 Å². The summed E-state index contributed by atoms with van der Waals surface area (Å²) in [5, 5.41) is 8.92. The third kappa shape index (κ3) is 3.83. The lowest BCUT2D eigenvalue weighted by Gasteiger charge is -2.24. The van der Waals surface area contributed by atoms with Crippen molar-refractivity contribution in [1.82, 2.24) is 9.55 Å². The molecule has 2 rings (SSSR count). The standard InChI is InChI=1S/C16H19N3O7/c1-8-13(25-9(2)20)14(26-10(3)21)15(24-8)19-7-18-11(5-6-17)12(19)16(22)23-4/h7-8,13-15H,5H2,1-4H3/t8-,13-,14-,15-/m1/s1. The number of aromatic nitrogens is 2. The number of nitriles is 1. The molecule has 0 amide bonds. The summed E-state index contributed by atoms with van der Waals surface area (Å²) in [7, 11) is 1.19. The average Bonchev–Trinajstić information content (AvgIpc) is 3.09. The Labute approximate surface area is 149 Å². The van der Waals surface area contributed by atoms with E-state index >= 15 is 0 Å². The van der Waals surface area contributed by atoms with Gasteiger partial charge in [0, 0.05) is 13.8 Å². The lowest BCUT2D eigenvalue weighted by Crippen LogP contribution is -2.38. The van der Waals surface area contributed by atoms with E-state index in [9.17, 15) is 14.4 Å². The highest BCUT2D eigenvalue weighted by atomic mass is 16.6. The molecule has 0 unspecified atom stereocenters. The summed E-state index contributed by atoms with van der Waals surface area (Å²) in [4.78, 5) is 39.1. The molecule has 0 saturated carbocycles. The van der Waals surface area contributed by atoms with Crippen molar-refractivity contribution in [3.8, 4) is 6.07 Å². The Morgan fingerprint density at radius 1 is 1.27 bits per heavy atom. The van der Waals surface area contributed by atoms with Gasteiger partial charge in [0.05, 0.1) is 37.7 Å². The molecule has 0 N–H and O–H groups in total. The predicted molar refractivity (Wildman–Crippen MR) is 83.6 cm³/mol. The monoisotopic (exact) mass is 365 g/mol. The van der Waals surface area contributed by atoms with Crippen molar-refractivity contribution in [3.05, 3.63) is 17.7 Å². The van der Waals surface area contributed by atoms with Gasteiger partial charge < -0.3 is 18.9 Å². The molecule has 2 heterocycles. The molecule has 140 valence electrons. The van der Waals surface area contributed by atoms with Crippen LogP contribution in [-0.4, -0.2) is 52.9 Å². The molecule has 1 aromatic rings. The predicted octanol–water partition coefficient (Wildman–Crippen LogP) is 0.516. The highest BCUT2D eigenvalue weighted by Crippen LogP contribution is 2.35. The number of ether oxygens (including phenoxy) is 4. The van der Waals surface area contributed by atoms with Crippen molar-refractivity contribution in [2.45, 2.75) is 51.7 Å². The van der Waals surface area contributed by atoms with Crippen LogP contribution in [0.5, 0.6) is 0 Å². The SMILES string of the molecule is COC(=O)c1c(CC#N)ncn1[C@@H]1O[C@H](C)[C@@H](OC(C)=O)[C@H]1OC(C)=O. The molecule has 1 saturated heterocycles. The number of carbonyl (C=O) groups excluding carboxylic acids is 3. The smallest absolute Gasteiger partial charge is 0.356 e. The summed E-state index contributed by atoms with van der Waals surface area (Å²) in [5.41, 5.74) is 0.208. The minimum absolute atomic E-state index is 0.00637. The molecule has 26 heavy (non-hydrogen) atoms. The summed E-state index contributed by atoms with van der Waals surface area (Å²) in [6.45, 7) is 4.09. The normalized spacial score (nSPS) is 24.6. The fourth-order valence-electron chi connectivity index (χ4n) is 2.82. The summed E-state index contributed by atoms with van der Waals surface area (Å²) >= 11 is 0. The van der Waals surface area contributed by atoms with Crippen molar-refractivity contribution >= 4 is 17.9 Å². The second-order valence-corrected chi connectivity index (χ2v) is 5.65. The molecule has 0 radical (unpaired) electrons. The lowest BCUT2D eigenvalue weighted by molar-refractivity contribution is -0.165. The van der Waals surface area contributed by atoms with Crippen LogP contribution in [-0.2, 0) is 35.0 Å². The first-order chi connectivity index (χ1) is 12.3. The van der Waals surface area contributed by atoms with Crippen LogP contribution in [0.2, 0.25) is 0 Å². The number of imidazole rings is 1. The zero-order valence-corrected chi connectivity index (χ0v) is 14.8. The van der Waals surface area contributed by atoms with Gasteiger partial charge in [-0.25, -0.2) is 9.78 Å². The Morgan fingerprint density at radius 3 is 2.42 bits per heavy atom. The van der Waals surface area contributed by atoms with Crippen molar-refractivity contribution in [2.24, 2.45) is 0 Å². The fraction of sp³-hybridized carbons (Fsp3) is 0.562. The molecular weight excluding hydrogens is 346 g/mol. The molecule has 0 aromatic carbocycles. The van der Waals surface area contributed by atoms with E-state index in [1.54, 1.807) is 6.92 Å². The minimum atomic E-state index is -1.00. The van der Waals surface area contributed by atoms with Crippen LogP contribution < -0.4 is 0 Å². The molecule has 10 heteroatoms. The molecule has 1 aliphatic rings. The molecular formula is C16H19N3O7. The number of methoxy groups -OCH3 is 1. The van der Waals surface area contributed by atoms with Gasteiger partial charge in [-0.1, -0.05) is 0 Å². The van der Waals surface area contributed by atoms with Crippen molar-refractivity contribution in [3.63, 3.8) is 0 Å². The van der Waals surface area contributed by atoms with Crippen LogP contribution in [0.1, 0.15) is 43.2 Å². The van der Waals surface area contributed by atoms with Gasteiger partial charge in [0.15, 0.2) is 24.1 Å². The van der Waals surface area contributed by atoms with Crippen molar-refractivity contribution in [1.29, 1.82) is 5.26 Å². The van der Waals surface area contributed by atoms with Gasteiger partial charge in [-0.05, 0) is 6.92 Å². The topological polar surface area (TPSA) is 130 Å². The van der Waals surface area contributed by atoms with Gasteiger partial charge in [-0.2, -0.15) is 5.26 Å². The first kappa shape index (κ1) is 19.4. The van der Waals surface area contributed by atoms with Gasteiger partial charge in [-0.15, -0.1) is 0 Å². The number of hydrogen-bond acceptors (Lipinski definition) is 9. The molecule has 1 fully saturated rings. The zero-order valence-electron chi connectivity index (χ0n) is 14.8. The van der Waals surface area contributed by atoms with E-state index in [1.807, 2.05) is 6.07 Å². The lowest BCUT2D eigenvalue weighted by atomic mass is 10.1. The van der Waals surface area contributed by atoms with E-state index in [1.165, 1.54) is 31.9 Å². The Balaban J connectivity index is 2.48. The van der Waals surface area contributed by atoms with Crippen LogP contribution >= 0.6 is 0 Å². The summed E-state index contributed by atoms with van der Waals surface area (Å²) in [5.74, 6) is -1.89. The quantitative estimate of drug-likeness (QED) is 0.541. The molecule has 0 bridgehead atoms. The van der Waals surface area contributed by atoms with Crippen molar-refractivity contribution in [2.75, 3.05) is 7.11 Å². The fourth-order valence-corrected chi connectivity index (χ4v) is 2.82. The van der Waals surface area contributed by atoms with Gasteiger partial charge >= 0.3 is 17.9 Å². The van der Waals surface area contributed by atoms with Crippen LogP contribution in [0.3, 0.4) is 0 Å². The van der Waals surface area contributed by atoms with E-state index < -0.39 is 42.4 Å². The highest BCUT2D eigenvalue weighted by molar-refractivity contribution is 5.89. The van der Waals surface area contributed by atoms with Crippen LogP contribution in [0.25, 0.3) is 0 Å². The van der Waals surface area contributed by atoms with E-state index in [0.29, 0.717) is 0 Å². The Kier molecular flexibility index (Phi) is 5.94. The molecule has 0 spiro atoms. The summed E-state index contributed by atoms with van der Waals surface area (Å²) in [6, 6.07) is 1.92. The maximum atomic E-state index is 12.2. The number of hydrogen-bond donors (Lipinski definition) is 0. The number of rotatable bonds is 5. The summed E-state index contributed by atoms with van der Waals surface area (Å²) < 4.78 is 22.4. The first-order valence-corrected chi connectivity index (χ1v) is 7.81. The second-order valence-electron chi connectivity index (χ2n) is 5.65. The Hall–Kier alpha value is -2.93. The second kappa shape index (κ2) is 7.97. The summed E-state index contributed by atoms with van der Waals surface area (Å²) in [6.07, 6.45) is -2.28. The molecule has 10 nitrogen and oxygen atoms in total. The Morgan fingerprint density at radius 2 is 1.88 bits per heavy atom. The van der Waals surface area contributed by atoms with E-state index in [4.69, 9.17) is 24.2 Å². The zero-order chi connectivity index (χ0) is 19.4. The highest BCUT2D eigenvalue weighted by Gasteiger charge is 2.49. The van der Waals surface area contributed by atoms with E-state index in [-0.39, 0.29) is 17.8 Å². The largest absolute Gasteiger partial charge is 0.464 e. The van der Waals surface area contributed by atoms with Gasteiger partial charge in [0.2, 0.25) is 0 Å². The third-order valence-corrected chi connectivity index (χ3v) is 3.79. The number of esters is 3. The van der Waals surface area contributed by atoms with Crippen molar-refractivity contribution < 1.29 is 33.3 Å². The molecule has 0 aliphatic carbocycles. The average molecular weight is 365 g/mol. The minimum Gasteiger partial charge on any atom is -0.464 e. The van der Waals surface area contributed by atoms with Gasteiger partial charge in [0.1, 0.15) is 0 Å². The van der Waals surface area contributed by atoms with E-state index in [0.717, 1.165) is 0 Å². The number of nitrogens with zero attached hydrogens (tertiary/aromatic N) is 3. The maximum Gasteiger partial charge on any atom is 0.356 e. The van der Waals surface area contributed by atoms with Gasteiger partial charge in [0.25, 0.3) is 0 Å². The molecule has 1 aliphatic heterocycles. The first-order valence-electron chi connectivity index (χ1n) is 7.81. The number of carbonyl (C=O) groups is 3. The maximum absolute atomic E-state index is 12.2. The molecule has 1 aromatic heterocycles. The van der Waals surface area contributed by atoms with Crippen LogP contribution in [0.4, 0.5) is 0 Å². The van der Waals surface area contributed by atoms with E-state index in [2.05, 4.69) is 4.98 Å². The Bertz CT molecular complexity index is 752. The molecule has 4 atom stereocenters. The van der Waals surface area contributed by atoms with Crippen LogP contribution in [0, 0.1) is 11.3 Å². The van der Waals surface area contributed by atoms with Gasteiger partial charge in [-0.3, -0.25) is 14.2 Å².